The largest absolute Gasteiger partial charge is 0.338 e. The zero-order valence-electron chi connectivity index (χ0n) is 15.5. The quantitative estimate of drug-likeness (QED) is 0.735. The van der Waals surface area contributed by atoms with Crippen molar-refractivity contribution in [2.75, 3.05) is 49.5 Å². The Balaban J connectivity index is 1.30. The first-order valence-corrected chi connectivity index (χ1v) is 10.5. The second kappa shape index (κ2) is 7.36. The van der Waals surface area contributed by atoms with Gasteiger partial charge in [0.25, 0.3) is 10.0 Å². The van der Waals surface area contributed by atoms with Gasteiger partial charge in [0.2, 0.25) is 11.0 Å². The number of aryl methyl sites for hydroxylation is 1. The molecular weight excluding hydrogens is 384 g/mol. The van der Waals surface area contributed by atoms with E-state index >= 15 is 0 Å². The van der Waals surface area contributed by atoms with E-state index in [1.54, 1.807) is 25.5 Å². The fourth-order valence-electron chi connectivity index (χ4n) is 3.42. The van der Waals surface area contributed by atoms with E-state index in [-0.39, 0.29) is 17.3 Å². The third-order valence-corrected chi connectivity index (χ3v) is 6.56. The monoisotopic (exact) mass is 406 g/mol. The van der Waals surface area contributed by atoms with Crippen molar-refractivity contribution in [2.24, 2.45) is 7.05 Å². The van der Waals surface area contributed by atoms with Crippen LogP contribution < -0.4 is 10.2 Å². The Morgan fingerprint density at radius 1 is 1.11 bits per heavy atom. The van der Waals surface area contributed by atoms with Crippen LogP contribution in [0.3, 0.4) is 0 Å². The molecule has 4 heterocycles. The van der Waals surface area contributed by atoms with E-state index in [1.807, 2.05) is 0 Å². The Labute approximate surface area is 163 Å². The van der Waals surface area contributed by atoms with Crippen molar-refractivity contribution in [3.63, 3.8) is 0 Å². The van der Waals surface area contributed by atoms with Crippen LogP contribution in [0.15, 0.2) is 29.7 Å². The van der Waals surface area contributed by atoms with Gasteiger partial charge in [-0.25, -0.2) is 19.1 Å². The molecular formula is C16H22N8O3S. The second-order valence-corrected chi connectivity index (χ2v) is 8.54. The van der Waals surface area contributed by atoms with Gasteiger partial charge in [-0.2, -0.15) is 13.5 Å². The summed E-state index contributed by atoms with van der Waals surface area (Å²) in [5.41, 5.74) is 0.225. The maximum atomic E-state index is 12.7. The zero-order chi connectivity index (χ0) is 19.7. The number of anilines is 2. The van der Waals surface area contributed by atoms with E-state index in [4.69, 9.17) is 0 Å². The van der Waals surface area contributed by atoms with Gasteiger partial charge in [-0.3, -0.25) is 9.58 Å². The van der Waals surface area contributed by atoms with Gasteiger partial charge in [0, 0.05) is 64.9 Å². The summed E-state index contributed by atoms with van der Waals surface area (Å²) in [4.78, 5) is 25.1. The van der Waals surface area contributed by atoms with Crippen molar-refractivity contribution in [1.82, 2.24) is 29.0 Å². The highest BCUT2D eigenvalue weighted by Crippen LogP contribution is 2.28. The third-order valence-electron chi connectivity index (χ3n) is 4.84. The highest BCUT2D eigenvalue weighted by atomic mass is 32.2. The fraction of sp³-hybridized carbons (Fsp3) is 0.500. The number of hydrogen-bond acceptors (Lipinski definition) is 8. The highest BCUT2D eigenvalue weighted by molar-refractivity contribution is 7.89. The summed E-state index contributed by atoms with van der Waals surface area (Å²) in [5, 5.41) is 6.45. The van der Waals surface area contributed by atoms with E-state index < -0.39 is 16.1 Å². The molecule has 11 nitrogen and oxygen atoms in total. The summed E-state index contributed by atoms with van der Waals surface area (Å²) < 4.78 is 27.6. The minimum atomic E-state index is -3.91. The van der Waals surface area contributed by atoms with Crippen molar-refractivity contribution in [1.29, 1.82) is 0 Å². The standard InChI is InChI=1S/C16H22N8O3S/c1-21-12-13-14(20-21)28(26,27)24(16(25)19-13)7-3-6-22-8-10-23(11-9-22)15-17-4-2-5-18-15/h2,4-5,12H,3,6-11H2,1H3,(H,19,25). The molecule has 1 fully saturated rings. The molecule has 4 rings (SSSR count). The van der Waals surface area contributed by atoms with Crippen LogP contribution in [0.4, 0.5) is 16.4 Å². The number of fused-ring (bicyclic) bond motifs is 1. The molecule has 0 atom stereocenters. The van der Waals surface area contributed by atoms with Gasteiger partial charge in [0.15, 0.2) is 0 Å². The number of rotatable bonds is 5. The van der Waals surface area contributed by atoms with Gasteiger partial charge in [-0.1, -0.05) is 0 Å². The second-order valence-electron chi connectivity index (χ2n) is 6.76. The van der Waals surface area contributed by atoms with Gasteiger partial charge in [-0.15, -0.1) is 0 Å². The lowest BCUT2D eigenvalue weighted by Crippen LogP contribution is -2.48. The number of aromatic nitrogens is 4. The fourth-order valence-corrected chi connectivity index (χ4v) is 4.88. The molecule has 1 saturated heterocycles. The number of nitrogens with one attached hydrogen (secondary N) is 1. The van der Waals surface area contributed by atoms with Crippen LogP contribution in [0.5, 0.6) is 0 Å². The molecule has 0 radical (unpaired) electrons. The van der Waals surface area contributed by atoms with E-state index in [2.05, 4.69) is 30.2 Å². The molecule has 0 bridgehead atoms. The van der Waals surface area contributed by atoms with Gasteiger partial charge in [-0.05, 0) is 12.5 Å². The normalized spacial score (nSPS) is 19.4. The van der Waals surface area contributed by atoms with Crippen LogP contribution >= 0.6 is 0 Å². The van der Waals surface area contributed by atoms with Crippen molar-refractivity contribution >= 4 is 27.7 Å². The third kappa shape index (κ3) is 3.52. The van der Waals surface area contributed by atoms with Crippen LogP contribution in [0.2, 0.25) is 0 Å². The first-order valence-electron chi connectivity index (χ1n) is 9.07. The average Bonchev–Trinajstić information content (AvgIpc) is 3.07. The van der Waals surface area contributed by atoms with Gasteiger partial charge < -0.3 is 10.2 Å². The van der Waals surface area contributed by atoms with Crippen LogP contribution in [-0.2, 0) is 17.1 Å². The van der Waals surface area contributed by atoms with Gasteiger partial charge in [0.1, 0.15) is 5.69 Å². The summed E-state index contributed by atoms with van der Waals surface area (Å²) in [5.74, 6) is 0.726. The molecule has 0 saturated carbocycles. The molecule has 0 spiro atoms. The van der Waals surface area contributed by atoms with E-state index in [0.717, 1.165) is 36.4 Å². The van der Waals surface area contributed by atoms with Crippen LogP contribution in [0.25, 0.3) is 0 Å². The lowest BCUT2D eigenvalue weighted by atomic mass is 10.3. The minimum Gasteiger partial charge on any atom is -0.338 e. The SMILES string of the molecule is Cn1cc2c(n1)S(=O)(=O)N(CCCN1CCN(c3ncccn3)CC1)C(=O)N2. The summed E-state index contributed by atoms with van der Waals surface area (Å²) >= 11 is 0. The minimum absolute atomic E-state index is 0.105. The smallest absolute Gasteiger partial charge is 0.335 e. The number of carbonyl (C=O) groups is 1. The Morgan fingerprint density at radius 2 is 1.82 bits per heavy atom. The number of hydrogen-bond donors (Lipinski definition) is 1. The molecule has 150 valence electrons. The maximum absolute atomic E-state index is 12.7. The van der Waals surface area contributed by atoms with E-state index in [9.17, 15) is 13.2 Å². The maximum Gasteiger partial charge on any atom is 0.335 e. The topological polar surface area (TPSA) is 117 Å². The summed E-state index contributed by atoms with van der Waals surface area (Å²) in [6, 6.07) is 1.16. The number of amides is 2. The lowest BCUT2D eigenvalue weighted by Gasteiger charge is -2.35. The molecule has 2 aliphatic rings. The summed E-state index contributed by atoms with van der Waals surface area (Å²) in [6.07, 6.45) is 5.49. The molecule has 0 aliphatic carbocycles. The molecule has 28 heavy (non-hydrogen) atoms. The van der Waals surface area contributed by atoms with Crippen LogP contribution in [0, 0.1) is 0 Å². The Bertz CT molecular complexity index is 954. The summed E-state index contributed by atoms with van der Waals surface area (Å²) in [6.45, 7) is 4.11. The first kappa shape index (κ1) is 18.6. The van der Waals surface area contributed by atoms with Gasteiger partial charge >= 0.3 is 6.03 Å². The average molecular weight is 406 g/mol. The molecule has 0 unspecified atom stereocenters. The van der Waals surface area contributed by atoms with Crippen molar-refractivity contribution in [3.05, 3.63) is 24.7 Å². The molecule has 2 aliphatic heterocycles. The number of urea groups is 1. The number of carbonyl (C=O) groups excluding carboxylic acids is 1. The van der Waals surface area contributed by atoms with Crippen molar-refractivity contribution in [3.8, 4) is 0 Å². The van der Waals surface area contributed by atoms with Crippen LogP contribution in [-0.4, -0.2) is 82.7 Å². The van der Waals surface area contributed by atoms with E-state index in [0.29, 0.717) is 13.0 Å². The molecule has 2 aromatic heterocycles. The molecule has 1 N–H and O–H groups in total. The van der Waals surface area contributed by atoms with Crippen molar-refractivity contribution in [2.45, 2.75) is 11.4 Å². The first-order chi connectivity index (χ1) is 13.4. The molecule has 2 aromatic rings. The zero-order valence-corrected chi connectivity index (χ0v) is 16.3. The lowest BCUT2D eigenvalue weighted by molar-refractivity contribution is 0.225. The molecule has 12 heteroatoms. The van der Waals surface area contributed by atoms with Gasteiger partial charge in [0.05, 0.1) is 0 Å². The highest BCUT2D eigenvalue weighted by Gasteiger charge is 2.39. The predicted molar refractivity (Wildman–Crippen MR) is 101 cm³/mol. The number of nitrogens with zero attached hydrogens (tertiary/aromatic N) is 7. The van der Waals surface area contributed by atoms with E-state index in [1.165, 1.54) is 10.9 Å². The van der Waals surface area contributed by atoms with Crippen LogP contribution in [0.1, 0.15) is 6.42 Å². The molecule has 0 aromatic carbocycles. The summed E-state index contributed by atoms with van der Waals surface area (Å²) in [7, 11) is -2.30. The Kier molecular flexibility index (Phi) is 4.89. The predicted octanol–water partition coefficient (Wildman–Crippen LogP) is -0.0414. The number of piperazine rings is 1. The Hall–Kier alpha value is -2.73. The Morgan fingerprint density at radius 3 is 2.54 bits per heavy atom. The molecule has 2 amide bonds. The number of sulfonamides is 1. The van der Waals surface area contributed by atoms with Crippen molar-refractivity contribution < 1.29 is 13.2 Å².